The van der Waals surface area contributed by atoms with Crippen LogP contribution in [0.3, 0.4) is 0 Å². The van der Waals surface area contributed by atoms with Gasteiger partial charge in [0.2, 0.25) is 6.41 Å². The zero-order valence-electron chi connectivity index (χ0n) is 16.8. The van der Waals surface area contributed by atoms with Gasteiger partial charge in [-0.3, -0.25) is 14.6 Å². The lowest BCUT2D eigenvalue weighted by atomic mass is 10.1. The lowest BCUT2D eigenvalue weighted by Crippen LogP contribution is -2.48. The van der Waals surface area contributed by atoms with Crippen molar-refractivity contribution in [3.8, 4) is 0 Å². The van der Waals surface area contributed by atoms with Crippen LogP contribution in [-0.2, 0) is 4.79 Å². The summed E-state index contributed by atoms with van der Waals surface area (Å²) >= 11 is 1.44. The van der Waals surface area contributed by atoms with Gasteiger partial charge in [0.05, 0.1) is 5.69 Å². The summed E-state index contributed by atoms with van der Waals surface area (Å²) in [4.78, 5) is 30.2. The molecule has 2 heterocycles. The molecule has 2 amide bonds. The monoisotopic (exact) mass is 418 g/mol. The normalized spacial score (nSPS) is 13.3. The van der Waals surface area contributed by atoms with Gasteiger partial charge < -0.3 is 14.5 Å². The number of halogens is 1. The second kappa shape index (κ2) is 12.1. The second-order valence-electron chi connectivity index (χ2n) is 6.61. The molecule has 0 bridgehead atoms. The predicted molar refractivity (Wildman–Crippen MR) is 115 cm³/mol. The number of anilines is 1. The fourth-order valence-corrected chi connectivity index (χ4v) is 3.25. The Bertz CT molecular complexity index is 784. The van der Waals surface area contributed by atoms with Gasteiger partial charge >= 0.3 is 0 Å². The molecule has 1 aliphatic rings. The molecule has 0 unspecified atom stereocenters. The molecule has 6 nitrogen and oxygen atoms in total. The summed E-state index contributed by atoms with van der Waals surface area (Å²) in [6, 6.07) is 8.44. The number of hydrogen-bond donors (Lipinski definition) is 1. The van der Waals surface area contributed by atoms with Crippen molar-refractivity contribution in [1.82, 2.24) is 14.8 Å². The summed E-state index contributed by atoms with van der Waals surface area (Å²) in [7, 11) is 0. The van der Waals surface area contributed by atoms with Gasteiger partial charge in [0.1, 0.15) is 5.82 Å². The summed E-state index contributed by atoms with van der Waals surface area (Å²) in [6.45, 7) is 6.07. The molecule has 0 spiro atoms. The number of nitrogens with one attached hydrogen (secondary N) is 1. The average Bonchev–Trinajstić information content (AvgIpc) is 2.75. The van der Waals surface area contributed by atoms with Crippen LogP contribution in [0.2, 0.25) is 0 Å². The number of piperazine rings is 1. The van der Waals surface area contributed by atoms with Crippen molar-refractivity contribution in [3.63, 3.8) is 0 Å². The summed E-state index contributed by atoms with van der Waals surface area (Å²) < 4.78 is 17.0. The van der Waals surface area contributed by atoms with Gasteiger partial charge in [-0.25, -0.2) is 4.39 Å². The SMILES string of the molecule is CCCSNc1ccc(C(=O)N2CCN(C=O)CC2)cc1F.Cc1cccnc1. The highest BCUT2D eigenvalue weighted by Crippen LogP contribution is 2.20. The molecule has 2 aromatic rings. The molecule has 3 rings (SSSR count). The Morgan fingerprint density at radius 2 is 2.03 bits per heavy atom. The van der Waals surface area contributed by atoms with Crippen molar-refractivity contribution in [2.75, 3.05) is 36.7 Å². The number of benzene rings is 1. The van der Waals surface area contributed by atoms with E-state index in [1.807, 2.05) is 25.3 Å². The average molecular weight is 419 g/mol. The second-order valence-corrected chi connectivity index (χ2v) is 7.51. The molecular weight excluding hydrogens is 391 g/mol. The molecule has 1 aromatic heterocycles. The molecule has 0 atom stereocenters. The third-order valence-corrected chi connectivity index (χ3v) is 5.24. The molecule has 1 N–H and O–H groups in total. The molecule has 0 saturated carbocycles. The lowest BCUT2D eigenvalue weighted by Gasteiger charge is -2.32. The van der Waals surface area contributed by atoms with E-state index in [9.17, 15) is 14.0 Å². The molecule has 1 fully saturated rings. The maximum Gasteiger partial charge on any atom is 0.254 e. The van der Waals surface area contributed by atoms with Crippen LogP contribution >= 0.6 is 11.9 Å². The van der Waals surface area contributed by atoms with E-state index in [0.717, 1.165) is 18.6 Å². The number of pyridine rings is 1. The molecule has 1 saturated heterocycles. The smallest absolute Gasteiger partial charge is 0.254 e. The van der Waals surface area contributed by atoms with Gasteiger partial charge in [0, 0.05) is 49.9 Å². The highest BCUT2D eigenvalue weighted by atomic mass is 32.2. The number of rotatable bonds is 6. The van der Waals surface area contributed by atoms with Crippen LogP contribution < -0.4 is 4.72 Å². The van der Waals surface area contributed by atoms with E-state index in [0.29, 0.717) is 37.4 Å². The Labute approximate surface area is 175 Å². The van der Waals surface area contributed by atoms with Crippen LogP contribution in [0.25, 0.3) is 0 Å². The topological polar surface area (TPSA) is 65.5 Å². The van der Waals surface area contributed by atoms with Crippen LogP contribution in [0.15, 0.2) is 42.7 Å². The van der Waals surface area contributed by atoms with Gasteiger partial charge in [-0.2, -0.15) is 0 Å². The molecule has 1 aliphatic heterocycles. The summed E-state index contributed by atoms with van der Waals surface area (Å²) in [6.07, 6.45) is 5.39. The number of hydrogen-bond acceptors (Lipinski definition) is 5. The summed E-state index contributed by atoms with van der Waals surface area (Å²) in [5, 5.41) is 0. The zero-order valence-corrected chi connectivity index (χ0v) is 17.6. The van der Waals surface area contributed by atoms with Crippen molar-refractivity contribution in [2.24, 2.45) is 0 Å². The van der Waals surface area contributed by atoms with Crippen molar-refractivity contribution in [3.05, 3.63) is 59.7 Å². The zero-order chi connectivity index (χ0) is 21.1. The number of aryl methyl sites for hydroxylation is 1. The molecule has 156 valence electrons. The largest absolute Gasteiger partial charge is 0.342 e. The van der Waals surface area contributed by atoms with Crippen LogP contribution in [0, 0.1) is 12.7 Å². The molecular formula is C21H27FN4O2S. The van der Waals surface area contributed by atoms with E-state index in [2.05, 4.69) is 16.6 Å². The molecule has 0 radical (unpaired) electrons. The van der Waals surface area contributed by atoms with Gasteiger partial charge in [-0.1, -0.05) is 24.9 Å². The van der Waals surface area contributed by atoms with Crippen LogP contribution in [-0.4, -0.2) is 59.0 Å². The van der Waals surface area contributed by atoms with E-state index < -0.39 is 5.82 Å². The standard InChI is InChI=1S/C15H20FN3O2S.C6H7N/c1-2-9-22-17-14-4-3-12(10-13(14)16)15(21)19-7-5-18(11-20)6-8-19;1-6-3-2-4-7-5-6/h3-4,10-11,17H,2,5-9H2,1H3;2-5H,1H3. The summed E-state index contributed by atoms with van der Waals surface area (Å²) in [5.74, 6) is 0.263. The van der Waals surface area contributed by atoms with Crippen molar-refractivity contribution in [1.29, 1.82) is 0 Å². The third kappa shape index (κ3) is 7.38. The molecule has 29 heavy (non-hydrogen) atoms. The minimum absolute atomic E-state index is 0.197. The maximum absolute atomic E-state index is 14.0. The first-order chi connectivity index (χ1) is 14.0. The van der Waals surface area contributed by atoms with E-state index >= 15 is 0 Å². The van der Waals surface area contributed by atoms with Gasteiger partial charge in [-0.05, 0) is 43.2 Å². The molecule has 0 aliphatic carbocycles. The van der Waals surface area contributed by atoms with Crippen LogP contribution in [0.5, 0.6) is 0 Å². The van der Waals surface area contributed by atoms with Gasteiger partial charge in [0.25, 0.3) is 5.91 Å². The number of amides is 2. The highest BCUT2D eigenvalue weighted by Gasteiger charge is 2.22. The van der Waals surface area contributed by atoms with Gasteiger partial charge in [0.15, 0.2) is 0 Å². The number of nitrogens with zero attached hydrogens (tertiary/aromatic N) is 3. The first-order valence-corrected chi connectivity index (χ1v) is 10.6. The van der Waals surface area contributed by atoms with Crippen LogP contribution in [0.4, 0.5) is 10.1 Å². The Balaban J connectivity index is 0.000000360. The first kappa shape index (κ1) is 22.7. The van der Waals surface area contributed by atoms with E-state index in [4.69, 9.17) is 0 Å². The Hall–Kier alpha value is -2.61. The summed E-state index contributed by atoms with van der Waals surface area (Å²) in [5.41, 5.74) is 1.94. The van der Waals surface area contributed by atoms with Gasteiger partial charge in [-0.15, -0.1) is 0 Å². The lowest BCUT2D eigenvalue weighted by molar-refractivity contribution is -0.119. The minimum atomic E-state index is -0.430. The van der Waals surface area contributed by atoms with E-state index in [1.165, 1.54) is 23.6 Å². The Kier molecular flexibility index (Phi) is 9.43. The first-order valence-electron chi connectivity index (χ1n) is 9.57. The molecule has 8 heteroatoms. The minimum Gasteiger partial charge on any atom is -0.342 e. The quantitative estimate of drug-likeness (QED) is 0.441. The Morgan fingerprint density at radius 1 is 1.28 bits per heavy atom. The van der Waals surface area contributed by atoms with Crippen LogP contribution in [0.1, 0.15) is 29.3 Å². The highest BCUT2D eigenvalue weighted by molar-refractivity contribution is 8.00. The predicted octanol–water partition coefficient (Wildman–Crippen LogP) is 3.60. The van der Waals surface area contributed by atoms with Crippen molar-refractivity contribution < 1.29 is 14.0 Å². The maximum atomic E-state index is 14.0. The van der Waals surface area contributed by atoms with E-state index in [-0.39, 0.29) is 5.91 Å². The van der Waals surface area contributed by atoms with E-state index in [1.54, 1.807) is 28.1 Å². The number of carbonyl (C=O) groups excluding carboxylic acids is 2. The fraction of sp³-hybridized carbons (Fsp3) is 0.381. The van der Waals surface area contributed by atoms with Crippen molar-refractivity contribution in [2.45, 2.75) is 20.3 Å². The Morgan fingerprint density at radius 3 is 2.55 bits per heavy atom. The molecule has 1 aromatic carbocycles. The van der Waals surface area contributed by atoms with Crippen molar-refractivity contribution >= 4 is 30.0 Å². The third-order valence-electron chi connectivity index (χ3n) is 4.26. The number of carbonyl (C=O) groups is 2. The number of aromatic nitrogens is 1. The fourth-order valence-electron chi connectivity index (χ4n) is 2.62.